The van der Waals surface area contributed by atoms with Gasteiger partial charge < -0.3 is 4.90 Å². The number of carbonyl (C=O) groups excluding carboxylic acids is 1. The van der Waals surface area contributed by atoms with Crippen LogP contribution in [0.2, 0.25) is 5.02 Å². The van der Waals surface area contributed by atoms with Gasteiger partial charge in [0.05, 0.1) is 6.54 Å². The second-order valence-corrected chi connectivity index (χ2v) is 6.22. The highest BCUT2D eigenvalue weighted by Crippen LogP contribution is 2.31. The van der Waals surface area contributed by atoms with Crippen LogP contribution in [-0.4, -0.2) is 23.4 Å². The topological polar surface area (TPSA) is 32.3 Å². The number of carbonyl (C=O) groups is 1. The van der Waals surface area contributed by atoms with Gasteiger partial charge in [0.15, 0.2) is 0 Å². The molecule has 1 N–H and O–H groups in total. The number of halogens is 1. The first kappa shape index (κ1) is 13.9. The Labute approximate surface area is 125 Å². The van der Waals surface area contributed by atoms with E-state index in [-0.39, 0.29) is 12.1 Å². The van der Waals surface area contributed by atoms with Gasteiger partial charge in [-0.05, 0) is 30.5 Å². The van der Waals surface area contributed by atoms with Crippen molar-refractivity contribution in [3.8, 4) is 0 Å². The molecule has 1 saturated heterocycles. The number of benzene rings is 1. The van der Waals surface area contributed by atoms with Crippen molar-refractivity contribution in [2.45, 2.75) is 50.7 Å². The van der Waals surface area contributed by atoms with Gasteiger partial charge >= 0.3 is 0 Å². The molecule has 1 atom stereocenters. The van der Waals surface area contributed by atoms with Gasteiger partial charge in [0.25, 0.3) is 0 Å². The van der Waals surface area contributed by atoms with Crippen LogP contribution in [0, 0.1) is 0 Å². The molecule has 4 heteroatoms. The molecule has 1 amide bonds. The Balaban J connectivity index is 1.82. The van der Waals surface area contributed by atoms with Crippen molar-refractivity contribution >= 4 is 17.5 Å². The van der Waals surface area contributed by atoms with Crippen LogP contribution in [0.5, 0.6) is 0 Å². The molecule has 1 aliphatic carbocycles. The summed E-state index contributed by atoms with van der Waals surface area (Å²) >= 11 is 5.95. The standard InChI is InChI=1S/C16H21ClN2O/c17-13-9-7-12(8-10-13)16-18-11-15(20)19(16)14-5-3-1-2-4-6-14/h7-10,14,16,18H,1-6,11H2. The molecule has 20 heavy (non-hydrogen) atoms. The van der Waals surface area contributed by atoms with E-state index in [0.29, 0.717) is 12.6 Å². The maximum absolute atomic E-state index is 12.3. The molecule has 1 aromatic carbocycles. The summed E-state index contributed by atoms with van der Waals surface area (Å²) in [5.41, 5.74) is 1.13. The molecule has 1 aromatic rings. The minimum atomic E-state index is 0.0165. The maximum Gasteiger partial charge on any atom is 0.238 e. The first-order chi connectivity index (χ1) is 9.75. The Morgan fingerprint density at radius 2 is 1.70 bits per heavy atom. The van der Waals surface area contributed by atoms with E-state index in [0.717, 1.165) is 23.4 Å². The van der Waals surface area contributed by atoms with E-state index in [4.69, 9.17) is 11.6 Å². The Hall–Kier alpha value is -1.06. The summed E-state index contributed by atoms with van der Waals surface area (Å²) in [6.45, 7) is 0.448. The predicted molar refractivity (Wildman–Crippen MR) is 80.5 cm³/mol. The van der Waals surface area contributed by atoms with E-state index in [1.165, 1.54) is 25.7 Å². The van der Waals surface area contributed by atoms with Crippen LogP contribution >= 0.6 is 11.6 Å². The van der Waals surface area contributed by atoms with Gasteiger partial charge in [0.1, 0.15) is 6.17 Å². The zero-order valence-corrected chi connectivity index (χ0v) is 12.4. The fourth-order valence-corrected chi connectivity index (χ4v) is 3.52. The second kappa shape index (κ2) is 6.15. The first-order valence-corrected chi connectivity index (χ1v) is 7.93. The van der Waals surface area contributed by atoms with E-state index >= 15 is 0 Å². The fraction of sp³-hybridized carbons (Fsp3) is 0.562. The minimum Gasteiger partial charge on any atom is -0.319 e. The number of rotatable bonds is 2. The van der Waals surface area contributed by atoms with Crippen LogP contribution in [0.4, 0.5) is 0 Å². The summed E-state index contributed by atoms with van der Waals surface area (Å²) in [5, 5.41) is 4.08. The summed E-state index contributed by atoms with van der Waals surface area (Å²) < 4.78 is 0. The molecule has 2 fully saturated rings. The number of nitrogens with zero attached hydrogens (tertiary/aromatic N) is 1. The first-order valence-electron chi connectivity index (χ1n) is 7.56. The summed E-state index contributed by atoms with van der Waals surface area (Å²) in [4.78, 5) is 14.4. The van der Waals surface area contributed by atoms with Crippen molar-refractivity contribution in [3.05, 3.63) is 34.9 Å². The third-order valence-electron chi connectivity index (χ3n) is 4.42. The van der Waals surface area contributed by atoms with Gasteiger partial charge in [-0.3, -0.25) is 10.1 Å². The van der Waals surface area contributed by atoms with Gasteiger partial charge in [-0.25, -0.2) is 0 Å². The molecule has 108 valence electrons. The number of nitrogens with one attached hydrogen (secondary N) is 1. The Kier molecular flexibility index (Phi) is 4.27. The van der Waals surface area contributed by atoms with Crippen molar-refractivity contribution in [2.24, 2.45) is 0 Å². The fourth-order valence-electron chi connectivity index (χ4n) is 3.39. The summed E-state index contributed by atoms with van der Waals surface area (Å²) in [6.07, 6.45) is 7.37. The third-order valence-corrected chi connectivity index (χ3v) is 4.67. The lowest BCUT2D eigenvalue weighted by Crippen LogP contribution is -2.39. The van der Waals surface area contributed by atoms with Crippen molar-refractivity contribution in [1.82, 2.24) is 10.2 Å². The van der Waals surface area contributed by atoms with Crippen LogP contribution in [0.1, 0.15) is 50.3 Å². The molecule has 3 nitrogen and oxygen atoms in total. The van der Waals surface area contributed by atoms with Crippen LogP contribution < -0.4 is 5.32 Å². The van der Waals surface area contributed by atoms with E-state index in [1.54, 1.807) is 0 Å². The molecule has 1 aliphatic heterocycles. The molecule has 0 radical (unpaired) electrons. The van der Waals surface area contributed by atoms with Crippen molar-refractivity contribution in [1.29, 1.82) is 0 Å². The Bertz CT molecular complexity index is 466. The molecule has 0 aromatic heterocycles. The smallest absolute Gasteiger partial charge is 0.238 e. The Morgan fingerprint density at radius 3 is 2.35 bits per heavy atom. The van der Waals surface area contributed by atoms with E-state index in [2.05, 4.69) is 10.2 Å². The predicted octanol–water partition coefficient (Wildman–Crippen LogP) is 3.49. The highest BCUT2D eigenvalue weighted by Gasteiger charge is 2.36. The van der Waals surface area contributed by atoms with Crippen LogP contribution in [-0.2, 0) is 4.79 Å². The molecule has 0 spiro atoms. The highest BCUT2D eigenvalue weighted by atomic mass is 35.5. The van der Waals surface area contributed by atoms with Gasteiger partial charge in [0, 0.05) is 11.1 Å². The molecule has 1 saturated carbocycles. The van der Waals surface area contributed by atoms with Crippen LogP contribution in [0.25, 0.3) is 0 Å². The average molecular weight is 293 g/mol. The number of hydrogen-bond donors (Lipinski definition) is 1. The van der Waals surface area contributed by atoms with Gasteiger partial charge in [0.2, 0.25) is 5.91 Å². The summed E-state index contributed by atoms with van der Waals surface area (Å²) in [5.74, 6) is 0.233. The van der Waals surface area contributed by atoms with Crippen molar-refractivity contribution in [2.75, 3.05) is 6.54 Å². The molecule has 2 aliphatic rings. The van der Waals surface area contributed by atoms with Crippen molar-refractivity contribution in [3.63, 3.8) is 0 Å². The summed E-state index contributed by atoms with van der Waals surface area (Å²) in [6, 6.07) is 8.21. The molecule has 1 heterocycles. The highest BCUT2D eigenvalue weighted by molar-refractivity contribution is 6.30. The normalized spacial score (nSPS) is 24.9. The van der Waals surface area contributed by atoms with Crippen molar-refractivity contribution < 1.29 is 4.79 Å². The van der Waals surface area contributed by atoms with Gasteiger partial charge in [-0.15, -0.1) is 0 Å². The molecular formula is C16H21ClN2O. The molecule has 3 rings (SSSR count). The van der Waals surface area contributed by atoms with E-state index in [1.807, 2.05) is 24.3 Å². The van der Waals surface area contributed by atoms with Crippen LogP contribution in [0.15, 0.2) is 24.3 Å². The lowest BCUT2D eigenvalue weighted by molar-refractivity contribution is -0.130. The largest absolute Gasteiger partial charge is 0.319 e. The third kappa shape index (κ3) is 2.84. The minimum absolute atomic E-state index is 0.0165. The maximum atomic E-state index is 12.3. The monoisotopic (exact) mass is 292 g/mol. The average Bonchev–Trinajstić information content (AvgIpc) is 2.67. The van der Waals surface area contributed by atoms with Gasteiger partial charge in [-0.2, -0.15) is 0 Å². The zero-order chi connectivity index (χ0) is 13.9. The lowest BCUT2D eigenvalue weighted by Gasteiger charge is -2.32. The number of hydrogen-bond acceptors (Lipinski definition) is 2. The number of amides is 1. The Morgan fingerprint density at radius 1 is 1.05 bits per heavy atom. The molecular weight excluding hydrogens is 272 g/mol. The quantitative estimate of drug-likeness (QED) is 0.846. The lowest BCUT2D eigenvalue weighted by atomic mass is 10.0. The van der Waals surface area contributed by atoms with E-state index < -0.39 is 0 Å². The zero-order valence-electron chi connectivity index (χ0n) is 11.6. The summed E-state index contributed by atoms with van der Waals surface area (Å²) in [7, 11) is 0. The SMILES string of the molecule is O=C1CNC(c2ccc(Cl)cc2)N1C1CCCCCC1. The molecule has 0 bridgehead atoms. The second-order valence-electron chi connectivity index (χ2n) is 5.78. The van der Waals surface area contributed by atoms with Gasteiger partial charge in [-0.1, -0.05) is 49.4 Å². The van der Waals surface area contributed by atoms with Crippen LogP contribution in [0.3, 0.4) is 0 Å². The van der Waals surface area contributed by atoms with E-state index in [9.17, 15) is 4.79 Å². The molecule has 1 unspecified atom stereocenters.